The molecule has 0 fully saturated rings. The van der Waals surface area contributed by atoms with Gasteiger partial charge in [-0.3, -0.25) is 0 Å². The van der Waals surface area contributed by atoms with E-state index in [2.05, 4.69) is 38.5 Å². The third kappa shape index (κ3) is 3.69. The predicted molar refractivity (Wildman–Crippen MR) is 84.6 cm³/mol. The normalized spacial score (nSPS) is 10.3. The molecule has 0 aliphatic rings. The van der Waals surface area contributed by atoms with E-state index in [-0.39, 0.29) is 18.0 Å². The van der Waals surface area contributed by atoms with Crippen molar-refractivity contribution >= 4 is 44.5 Å². The number of aromatic carboxylic acids is 1. The van der Waals surface area contributed by atoms with E-state index in [1.54, 1.807) is 18.2 Å². The fourth-order valence-electron chi connectivity index (χ4n) is 1.54. The summed E-state index contributed by atoms with van der Waals surface area (Å²) in [7, 11) is 0. The van der Waals surface area contributed by atoms with Gasteiger partial charge in [-0.15, -0.1) is 0 Å². The summed E-state index contributed by atoms with van der Waals surface area (Å²) >= 11 is 5.18. The fourth-order valence-corrected chi connectivity index (χ4v) is 2.45. The fraction of sp³-hybridized carbons (Fsp3) is 0.0714. The van der Waals surface area contributed by atoms with E-state index in [1.807, 2.05) is 0 Å². The van der Waals surface area contributed by atoms with Crippen molar-refractivity contribution in [3.63, 3.8) is 0 Å². The quantitative estimate of drug-likeness (QED) is 0.699. The number of hydrogen-bond acceptors (Lipinski definition) is 2. The Kier molecular flexibility index (Phi) is 4.98. The molecule has 0 amide bonds. The minimum absolute atomic E-state index is 0.167. The molecule has 0 saturated heterocycles. The van der Waals surface area contributed by atoms with Gasteiger partial charge in [0, 0.05) is 0 Å². The number of carboxylic acid groups (broad SMARTS) is 1. The number of hydrogen-bond donors (Lipinski definition) is 1. The number of benzene rings is 2. The molecule has 0 heterocycles. The van der Waals surface area contributed by atoms with Crippen molar-refractivity contribution in [2.24, 2.45) is 0 Å². The van der Waals surface area contributed by atoms with Crippen LogP contribution >= 0.6 is 38.5 Å². The highest BCUT2D eigenvalue weighted by atomic mass is 127. The van der Waals surface area contributed by atoms with E-state index >= 15 is 0 Å². The van der Waals surface area contributed by atoms with E-state index in [4.69, 9.17) is 9.84 Å². The Morgan fingerprint density at radius 3 is 2.70 bits per heavy atom. The van der Waals surface area contributed by atoms with Gasteiger partial charge in [0.15, 0.2) is 0 Å². The van der Waals surface area contributed by atoms with Gasteiger partial charge in [-0.05, 0) is 74.4 Å². The summed E-state index contributed by atoms with van der Waals surface area (Å²) in [5, 5.41) is 8.95. The van der Waals surface area contributed by atoms with Crippen LogP contribution in [0.15, 0.2) is 40.9 Å². The average molecular weight is 451 g/mol. The monoisotopic (exact) mass is 450 g/mol. The Morgan fingerprint density at radius 1 is 1.30 bits per heavy atom. The van der Waals surface area contributed by atoms with Crippen LogP contribution in [0.4, 0.5) is 4.39 Å². The lowest BCUT2D eigenvalue weighted by Crippen LogP contribution is -2.01. The molecule has 104 valence electrons. The Labute approximate surface area is 137 Å². The van der Waals surface area contributed by atoms with E-state index in [0.717, 1.165) is 9.13 Å². The molecule has 3 nitrogen and oxygen atoms in total. The Bertz CT molecular complexity index is 661. The van der Waals surface area contributed by atoms with Crippen molar-refractivity contribution in [1.82, 2.24) is 0 Å². The van der Waals surface area contributed by atoms with Crippen LogP contribution in [-0.4, -0.2) is 11.1 Å². The van der Waals surface area contributed by atoms with Crippen molar-refractivity contribution in [3.05, 3.63) is 61.4 Å². The molecular formula is C14H9BrFIO3. The Hall–Kier alpha value is -1.15. The molecule has 0 aliphatic heterocycles. The van der Waals surface area contributed by atoms with Crippen LogP contribution in [0.2, 0.25) is 0 Å². The lowest BCUT2D eigenvalue weighted by atomic mass is 10.2. The van der Waals surface area contributed by atoms with Gasteiger partial charge >= 0.3 is 5.97 Å². The van der Waals surface area contributed by atoms with Gasteiger partial charge in [0.2, 0.25) is 0 Å². The summed E-state index contributed by atoms with van der Waals surface area (Å²) < 4.78 is 19.9. The third-order valence-corrected chi connectivity index (χ3v) is 4.06. The molecule has 0 spiro atoms. The van der Waals surface area contributed by atoms with Gasteiger partial charge in [-0.2, -0.15) is 0 Å². The van der Waals surface area contributed by atoms with E-state index < -0.39 is 5.97 Å². The number of carboxylic acids is 1. The number of ether oxygens (including phenoxy) is 1. The van der Waals surface area contributed by atoms with Crippen molar-refractivity contribution in [2.75, 3.05) is 0 Å². The highest BCUT2D eigenvalue weighted by molar-refractivity contribution is 14.1. The molecule has 0 bridgehead atoms. The number of halogens is 3. The first-order valence-corrected chi connectivity index (χ1v) is 7.44. The highest BCUT2D eigenvalue weighted by Gasteiger charge is 2.08. The molecule has 2 rings (SSSR count). The van der Waals surface area contributed by atoms with Crippen molar-refractivity contribution < 1.29 is 19.0 Å². The van der Waals surface area contributed by atoms with Crippen LogP contribution in [0.1, 0.15) is 15.9 Å². The van der Waals surface area contributed by atoms with Gasteiger partial charge < -0.3 is 9.84 Å². The van der Waals surface area contributed by atoms with Gasteiger partial charge in [0.05, 0.1) is 13.6 Å². The maximum absolute atomic E-state index is 13.1. The second kappa shape index (κ2) is 6.53. The lowest BCUT2D eigenvalue weighted by molar-refractivity contribution is 0.0696. The number of carbonyl (C=O) groups is 1. The topological polar surface area (TPSA) is 46.5 Å². The molecular weight excluding hydrogens is 442 g/mol. The highest BCUT2D eigenvalue weighted by Crippen LogP contribution is 2.24. The molecule has 0 unspecified atom stereocenters. The molecule has 0 atom stereocenters. The molecule has 2 aromatic carbocycles. The molecule has 0 radical (unpaired) electrons. The smallest absolute Gasteiger partial charge is 0.335 e. The van der Waals surface area contributed by atoms with Gasteiger partial charge in [-0.1, -0.05) is 6.07 Å². The van der Waals surface area contributed by atoms with Crippen LogP contribution in [0.5, 0.6) is 5.75 Å². The summed E-state index contributed by atoms with van der Waals surface area (Å²) in [4.78, 5) is 10.9. The Morgan fingerprint density at radius 2 is 2.05 bits per heavy atom. The first kappa shape index (κ1) is 15.2. The molecule has 20 heavy (non-hydrogen) atoms. The van der Waals surface area contributed by atoms with Crippen molar-refractivity contribution in [3.8, 4) is 5.75 Å². The van der Waals surface area contributed by atoms with Gasteiger partial charge in [-0.25, -0.2) is 9.18 Å². The second-order valence-electron chi connectivity index (χ2n) is 3.99. The third-order valence-electron chi connectivity index (χ3n) is 2.56. The van der Waals surface area contributed by atoms with E-state index in [9.17, 15) is 9.18 Å². The number of rotatable bonds is 4. The van der Waals surface area contributed by atoms with Crippen LogP contribution in [0.25, 0.3) is 0 Å². The molecule has 0 aromatic heterocycles. The van der Waals surface area contributed by atoms with Crippen LogP contribution in [0.3, 0.4) is 0 Å². The zero-order valence-corrected chi connectivity index (χ0v) is 13.8. The van der Waals surface area contributed by atoms with Crippen LogP contribution in [-0.2, 0) is 6.61 Å². The SMILES string of the molecule is O=C(O)c1ccc(I)c(OCc2ccc(F)c(Br)c2)c1. The average Bonchev–Trinajstić information content (AvgIpc) is 2.41. The van der Waals surface area contributed by atoms with E-state index in [0.29, 0.717) is 10.2 Å². The maximum Gasteiger partial charge on any atom is 0.335 e. The zero-order valence-electron chi connectivity index (χ0n) is 10.1. The zero-order chi connectivity index (χ0) is 14.7. The lowest BCUT2D eigenvalue weighted by Gasteiger charge is -2.09. The largest absolute Gasteiger partial charge is 0.488 e. The minimum atomic E-state index is -1.00. The van der Waals surface area contributed by atoms with Gasteiger partial charge in [0.25, 0.3) is 0 Å². The minimum Gasteiger partial charge on any atom is -0.488 e. The summed E-state index contributed by atoms with van der Waals surface area (Å²) in [5.41, 5.74) is 0.954. The molecule has 1 N–H and O–H groups in total. The summed E-state index contributed by atoms with van der Waals surface area (Å²) in [6.07, 6.45) is 0. The van der Waals surface area contributed by atoms with Crippen LogP contribution < -0.4 is 4.74 Å². The predicted octanol–water partition coefficient (Wildman–Crippen LogP) is 4.47. The maximum atomic E-state index is 13.1. The molecule has 0 aliphatic carbocycles. The first-order valence-electron chi connectivity index (χ1n) is 5.57. The molecule has 6 heteroatoms. The van der Waals surface area contributed by atoms with E-state index in [1.165, 1.54) is 18.2 Å². The van der Waals surface area contributed by atoms with Crippen LogP contribution in [0, 0.1) is 9.39 Å². The summed E-state index contributed by atoms with van der Waals surface area (Å²) in [6.45, 7) is 0.234. The molecule has 2 aromatic rings. The first-order chi connectivity index (χ1) is 9.47. The standard InChI is InChI=1S/C14H9BrFIO3/c15-10-5-8(1-3-11(10)16)7-20-13-6-9(14(18)19)2-4-12(13)17/h1-6H,7H2,(H,18,19). The van der Waals surface area contributed by atoms with Gasteiger partial charge in [0.1, 0.15) is 18.2 Å². The van der Waals surface area contributed by atoms with Crippen molar-refractivity contribution in [2.45, 2.75) is 6.61 Å². The van der Waals surface area contributed by atoms with Crippen molar-refractivity contribution in [1.29, 1.82) is 0 Å². The Balaban J connectivity index is 2.15. The summed E-state index contributed by atoms with van der Waals surface area (Å²) in [5.74, 6) is -0.849. The second-order valence-corrected chi connectivity index (χ2v) is 6.00. The summed E-state index contributed by atoms with van der Waals surface area (Å²) in [6, 6.07) is 9.27. The molecule has 0 saturated carbocycles.